The fourth-order valence-electron chi connectivity index (χ4n) is 4.46. The van der Waals surface area contributed by atoms with Gasteiger partial charge in [0.05, 0.1) is 0 Å². The molecule has 1 atom stereocenters. The van der Waals surface area contributed by atoms with Gasteiger partial charge in [-0.2, -0.15) is 0 Å². The lowest BCUT2D eigenvalue weighted by Crippen LogP contribution is -2.28. The predicted molar refractivity (Wildman–Crippen MR) is 107 cm³/mol. The number of nitrogens with one attached hydrogen (secondary N) is 2. The lowest BCUT2D eigenvalue weighted by Gasteiger charge is -2.22. The third-order valence-corrected chi connectivity index (χ3v) is 6.38. The van der Waals surface area contributed by atoms with Crippen molar-refractivity contribution in [2.75, 3.05) is 26.3 Å². The molecule has 4 rings (SSSR count). The summed E-state index contributed by atoms with van der Waals surface area (Å²) in [5.74, 6) is -2.56. The van der Waals surface area contributed by atoms with E-state index in [1.54, 1.807) is 0 Å². The minimum atomic E-state index is -1.09. The number of fused-ring (bicyclic) bond motifs is 1. The Labute approximate surface area is 173 Å². The van der Waals surface area contributed by atoms with E-state index >= 15 is 0 Å². The van der Waals surface area contributed by atoms with Gasteiger partial charge in [0.15, 0.2) is 16.4 Å². The van der Waals surface area contributed by atoms with Crippen molar-refractivity contribution >= 4 is 12.2 Å². The summed E-state index contributed by atoms with van der Waals surface area (Å²) >= 11 is 5.40. The van der Waals surface area contributed by atoms with Crippen LogP contribution < -0.4 is 5.32 Å². The van der Waals surface area contributed by atoms with Crippen LogP contribution in [-0.2, 0) is 24.1 Å². The lowest BCUT2D eigenvalue weighted by atomic mass is 9.95. The number of H-pyrrole nitrogens is 1. The molecule has 1 aromatic carbocycles. The van der Waals surface area contributed by atoms with E-state index in [-0.39, 0.29) is 5.56 Å². The van der Waals surface area contributed by atoms with Gasteiger partial charge in [0, 0.05) is 42.6 Å². The van der Waals surface area contributed by atoms with Gasteiger partial charge >= 0.3 is 0 Å². The molecule has 4 nitrogen and oxygen atoms in total. The number of aromatic amines is 1. The Kier molecular flexibility index (Phi) is 6.41. The Morgan fingerprint density at radius 1 is 1.17 bits per heavy atom. The molecule has 2 aliphatic rings. The van der Waals surface area contributed by atoms with Gasteiger partial charge in [0.2, 0.25) is 0 Å². The fraction of sp³-hybridized carbons (Fsp3) is 0.571. The molecule has 0 aliphatic carbocycles. The van der Waals surface area contributed by atoms with E-state index < -0.39 is 23.4 Å². The summed E-state index contributed by atoms with van der Waals surface area (Å²) in [5, 5.41) is 3.51. The van der Waals surface area contributed by atoms with E-state index in [1.165, 1.54) is 0 Å². The highest BCUT2D eigenvalue weighted by atomic mass is 32.1. The molecule has 8 heteroatoms. The summed E-state index contributed by atoms with van der Waals surface area (Å²) in [5.41, 5.74) is 1.82. The smallest absolute Gasteiger partial charge is 0.177 e. The Morgan fingerprint density at radius 3 is 2.72 bits per heavy atom. The topological polar surface area (TPSA) is 42.0 Å². The number of hydrogen-bond donors (Lipinski definition) is 2. The number of aryl methyl sites for hydroxylation is 1. The van der Waals surface area contributed by atoms with E-state index in [2.05, 4.69) is 10.3 Å². The maximum Gasteiger partial charge on any atom is 0.177 e. The Balaban J connectivity index is 1.35. The normalized spacial score (nSPS) is 19.6. The van der Waals surface area contributed by atoms with Crippen molar-refractivity contribution < 1.29 is 17.9 Å². The first-order chi connectivity index (χ1) is 14.0. The number of rotatable bonds is 7. The van der Waals surface area contributed by atoms with Crippen molar-refractivity contribution in [3.63, 3.8) is 0 Å². The molecule has 0 radical (unpaired) electrons. The van der Waals surface area contributed by atoms with Crippen LogP contribution in [0.3, 0.4) is 0 Å². The molecule has 0 bridgehead atoms. The van der Waals surface area contributed by atoms with Crippen molar-refractivity contribution in [1.29, 1.82) is 0 Å². The Morgan fingerprint density at radius 2 is 1.93 bits per heavy atom. The van der Waals surface area contributed by atoms with E-state index in [0.29, 0.717) is 23.7 Å². The highest BCUT2D eigenvalue weighted by molar-refractivity contribution is 7.71. The summed E-state index contributed by atoms with van der Waals surface area (Å²) in [6.45, 7) is 3.98. The van der Waals surface area contributed by atoms with Gasteiger partial charge in [-0.15, -0.1) is 0 Å². The molecule has 158 valence electrons. The van der Waals surface area contributed by atoms with Crippen LogP contribution in [0, 0.1) is 28.1 Å². The first kappa shape index (κ1) is 20.6. The first-order valence-corrected chi connectivity index (χ1v) is 10.7. The van der Waals surface area contributed by atoms with Gasteiger partial charge in [-0.3, -0.25) is 0 Å². The van der Waals surface area contributed by atoms with Crippen LogP contribution in [0.15, 0.2) is 12.1 Å². The standard InChI is InChI=1S/C21H26F3N3OS/c22-15-3-4-16(23)20(24)19(15)14-10-18-17(26-21(29)27(18)12-14)2-1-7-25-11-13-5-8-28-9-6-13/h3-4,13-14,25H,1-2,5-12H2,(H,26,29)/t14-/m0/s1. The molecule has 3 heterocycles. The molecule has 0 unspecified atom stereocenters. The minimum Gasteiger partial charge on any atom is -0.381 e. The molecule has 0 spiro atoms. The molecule has 2 aromatic rings. The predicted octanol–water partition coefficient (Wildman–Crippen LogP) is 4.25. The third-order valence-electron chi connectivity index (χ3n) is 6.06. The minimum absolute atomic E-state index is 0.174. The van der Waals surface area contributed by atoms with Gasteiger partial charge in [0.25, 0.3) is 0 Å². The van der Waals surface area contributed by atoms with Crippen molar-refractivity contribution in [3.05, 3.63) is 51.3 Å². The SMILES string of the molecule is Fc1ccc(F)c([C@H]2Cc3c(CCCNCC4CCOCC4)[nH]c(=S)n3C2)c1F. The number of benzene rings is 1. The molecule has 1 saturated heterocycles. The number of ether oxygens (including phenoxy) is 1. The van der Waals surface area contributed by atoms with Crippen LogP contribution in [0.25, 0.3) is 0 Å². The summed E-state index contributed by atoms with van der Waals surface area (Å²) in [4.78, 5) is 3.24. The zero-order valence-corrected chi connectivity index (χ0v) is 17.1. The van der Waals surface area contributed by atoms with E-state index in [9.17, 15) is 13.2 Å². The van der Waals surface area contributed by atoms with Crippen LogP contribution in [0.2, 0.25) is 0 Å². The van der Waals surface area contributed by atoms with Crippen molar-refractivity contribution in [2.45, 2.75) is 44.6 Å². The molecule has 0 amide bonds. The zero-order valence-electron chi connectivity index (χ0n) is 16.3. The van der Waals surface area contributed by atoms with E-state index in [4.69, 9.17) is 17.0 Å². The van der Waals surface area contributed by atoms with Crippen LogP contribution >= 0.6 is 12.2 Å². The highest BCUT2D eigenvalue weighted by Gasteiger charge is 2.31. The quantitative estimate of drug-likeness (QED) is 0.396. The molecular weight excluding hydrogens is 399 g/mol. The summed E-state index contributed by atoms with van der Waals surface area (Å²) < 4.78 is 49.8. The molecule has 2 N–H and O–H groups in total. The van der Waals surface area contributed by atoms with Gasteiger partial charge in [-0.1, -0.05) is 0 Å². The number of imidazole rings is 1. The van der Waals surface area contributed by atoms with Crippen LogP contribution in [0.5, 0.6) is 0 Å². The number of nitrogens with zero attached hydrogens (tertiary/aromatic N) is 1. The van der Waals surface area contributed by atoms with Crippen LogP contribution in [0.4, 0.5) is 13.2 Å². The molecule has 29 heavy (non-hydrogen) atoms. The van der Waals surface area contributed by atoms with Crippen molar-refractivity contribution in [2.24, 2.45) is 5.92 Å². The fourth-order valence-corrected chi connectivity index (χ4v) is 4.77. The average Bonchev–Trinajstić information content (AvgIpc) is 3.27. The molecule has 0 saturated carbocycles. The van der Waals surface area contributed by atoms with Gasteiger partial charge in [-0.25, -0.2) is 13.2 Å². The molecule has 1 aromatic heterocycles. The van der Waals surface area contributed by atoms with Crippen molar-refractivity contribution in [1.82, 2.24) is 14.9 Å². The Hall–Kier alpha value is -1.64. The summed E-state index contributed by atoms with van der Waals surface area (Å²) in [6.07, 6.45) is 4.44. The van der Waals surface area contributed by atoms with Crippen LogP contribution in [0.1, 0.15) is 42.1 Å². The number of hydrogen-bond acceptors (Lipinski definition) is 3. The molecule has 2 aliphatic heterocycles. The van der Waals surface area contributed by atoms with Crippen molar-refractivity contribution in [3.8, 4) is 0 Å². The third kappa shape index (κ3) is 4.44. The van der Waals surface area contributed by atoms with Gasteiger partial charge in [-0.05, 0) is 75.5 Å². The maximum atomic E-state index is 14.2. The first-order valence-electron chi connectivity index (χ1n) is 10.3. The van der Waals surface area contributed by atoms with E-state index in [1.807, 2.05) is 4.57 Å². The second kappa shape index (κ2) is 9.02. The summed E-state index contributed by atoms with van der Waals surface area (Å²) in [7, 11) is 0. The monoisotopic (exact) mass is 425 g/mol. The van der Waals surface area contributed by atoms with Crippen LogP contribution in [-0.4, -0.2) is 35.9 Å². The van der Waals surface area contributed by atoms with Gasteiger partial charge < -0.3 is 19.6 Å². The summed E-state index contributed by atoms with van der Waals surface area (Å²) in [6, 6.07) is 1.82. The maximum absolute atomic E-state index is 14.2. The zero-order chi connectivity index (χ0) is 20.4. The average molecular weight is 426 g/mol. The molecular formula is C21H26F3N3OS. The second-order valence-electron chi connectivity index (χ2n) is 7.99. The van der Waals surface area contributed by atoms with Gasteiger partial charge in [0.1, 0.15) is 5.82 Å². The highest BCUT2D eigenvalue weighted by Crippen LogP contribution is 2.35. The second-order valence-corrected chi connectivity index (χ2v) is 8.37. The Bertz CT molecular complexity index is 921. The van der Waals surface area contributed by atoms with E-state index in [0.717, 1.165) is 75.5 Å². The molecule has 1 fully saturated rings. The largest absolute Gasteiger partial charge is 0.381 e. The number of aromatic nitrogens is 2. The lowest BCUT2D eigenvalue weighted by molar-refractivity contribution is 0.0663. The number of halogens is 3.